The molecule has 35 heavy (non-hydrogen) atoms. The molecule has 1 amide bonds. The fraction of sp³-hybridized carbons (Fsp3) is 0.290. The number of aromatic nitrogens is 2. The molecule has 4 nitrogen and oxygen atoms in total. The number of imidazole rings is 1. The van der Waals surface area contributed by atoms with Crippen molar-refractivity contribution < 1.29 is 4.79 Å². The Morgan fingerprint density at radius 1 is 0.886 bits per heavy atom. The molecule has 4 heteroatoms. The van der Waals surface area contributed by atoms with Gasteiger partial charge in [0.25, 0.3) is 5.91 Å². The third-order valence-electron chi connectivity index (χ3n) is 6.45. The van der Waals surface area contributed by atoms with Crippen molar-refractivity contribution in [1.82, 2.24) is 14.9 Å². The van der Waals surface area contributed by atoms with Crippen LogP contribution in [0, 0.1) is 0 Å². The second-order valence-corrected chi connectivity index (χ2v) is 10.1. The van der Waals surface area contributed by atoms with Crippen LogP contribution in [0.3, 0.4) is 0 Å². The molecule has 0 aliphatic rings. The zero-order valence-electron chi connectivity index (χ0n) is 21.4. The predicted molar refractivity (Wildman–Crippen MR) is 144 cm³/mol. The Balaban J connectivity index is 1.78. The van der Waals surface area contributed by atoms with Crippen molar-refractivity contribution in [2.24, 2.45) is 7.05 Å². The molecule has 0 saturated carbocycles. The van der Waals surface area contributed by atoms with E-state index in [9.17, 15) is 4.79 Å². The lowest BCUT2D eigenvalue weighted by Gasteiger charge is -2.20. The molecule has 0 saturated heterocycles. The predicted octanol–water partition coefficient (Wildman–Crippen LogP) is 7.32. The Morgan fingerprint density at radius 2 is 1.49 bits per heavy atom. The van der Waals surface area contributed by atoms with Crippen molar-refractivity contribution in [3.8, 4) is 22.6 Å². The van der Waals surface area contributed by atoms with Crippen LogP contribution < -0.4 is 5.32 Å². The summed E-state index contributed by atoms with van der Waals surface area (Å²) in [5.41, 5.74) is 5.61. The highest BCUT2D eigenvalue weighted by molar-refractivity contribution is 5.99. The number of rotatable bonds is 7. The highest BCUT2D eigenvalue weighted by Gasteiger charge is 2.25. The minimum Gasteiger partial charge on any atom is -0.344 e. The Hall–Kier alpha value is -3.66. The van der Waals surface area contributed by atoms with Crippen LogP contribution in [0.1, 0.15) is 68.2 Å². The average molecular weight is 466 g/mol. The quantitative estimate of drug-likeness (QED) is 0.311. The van der Waals surface area contributed by atoms with Gasteiger partial charge in [-0.3, -0.25) is 4.79 Å². The summed E-state index contributed by atoms with van der Waals surface area (Å²) >= 11 is 0. The number of hydrogen-bond donors (Lipinski definition) is 1. The normalized spacial score (nSPS) is 12.4. The van der Waals surface area contributed by atoms with E-state index in [2.05, 4.69) is 69.4 Å². The monoisotopic (exact) mass is 465 g/mol. The Labute approximate surface area is 209 Å². The second-order valence-electron chi connectivity index (χ2n) is 10.1. The molecule has 0 aliphatic carbocycles. The van der Waals surface area contributed by atoms with Gasteiger partial charge in [0, 0.05) is 18.2 Å². The van der Waals surface area contributed by atoms with Gasteiger partial charge in [0.05, 0.1) is 6.04 Å². The fourth-order valence-corrected chi connectivity index (χ4v) is 4.46. The van der Waals surface area contributed by atoms with Crippen molar-refractivity contribution in [2.75, 3.05) is 0 Å². The van der Waals surface area contributed by atoms with Gasteiger partial charge in [-0.25, -0.2) is 4.98 Å². The summed E-state index contributed by atoms with van der Waals surface area (Å²) in [6.45, 7) is 8.74. The van der Waals surface area contributed by atoms with E-state index >= 15 is 0 Å². The van der Waals surface area contributed by atoms with Gasteiger partial charge in [-0.15, -0.1) is 0 Å². The van der Waals surface area contributed by atoms with Gasteiger partial charge < -0.3 is 9.88 Å². The maximum Gasteiger partial charge on any atom is 0.270 e. The SMILES string of the molecule is CCCC(NC(=O)c1c(-c2ccc(C(C)(C)C)cc2)nc(-c2ccccc2)n1C)c1ccccc1. The summed E-state index contributed by atoms with van der Waals surface area (Å²) in [5.74, 6) is 0.664. The maximum absolute atomic E-state index is 13.8. The van der Waals surface area contributed by atoms with E-state index in [4.69, 9.17) is 4.98 Å². The van der Waals surface area contributed by atoms with E-state index in [-0.39, 0.29) is 17.4 Å². The standard InChI is InChI=1S/C31H35N3O/c1-6-13-26(22-14-9-7-10-15-22)32-30(35)28-27(23-18-20-25(21-19-23)31(2,3)4)33-29(34(28)5)24-16-11-8-12-17-24/h7-12,14-21,26H,6,13H2,1-5H3,(H,32,35). The topological polar surface area (TPSA) is 46.9 Å². The first-order chi connectivity index (χ1) is 16.8. The smallest absolute Gasteiger partial charge is 0.270 e. The van der Waals surface area contributed by atoms with Crippen molar-refractivity contribution in [2.45, 2.75) is 52.0 Å². The number of nitrogens with zero attached hydrogens (tertiary/aromatic N) is 2. The van der Waals surface area contributed by atoms with E-state index in [1.807, 2.05) is 60.1 Å². The van der Waals surface area contributed by atoms with Crippen LogP contribution in [0.25, 0.3) is 22.6 Å². The Kier molecular flexibility index (Phi) is 7.20. The van der Waals surface area contributed by atoms with Crippen LogP contribution in [0.5, 0.6) is 0 Å². The third-order valence-corrected chi connectivity index (χ3v) is 6.45. The summed E-state index contributed by atoms with van der Waals surface area (Å²) in [4.78, 5) is 18.8. The van der Waals surface area contributed by atoms with Gasteiger partial charge in [-0.2, -0.15) is 0 Å². The van der Waals surface area contributed by atoms with Crippen molar-refractivity contribution in [3.05, 3.63) is 102 Å². The van der Waals surface area contributed by atoms with Gasteiger partial charge in [-0.05, 0) is 23.0 Å². The molecule has 0 spiro atoms. The number of carbonyl (C=O) groups is 1. The lowest BCUT2D eigenvalue weighted by Crippen LogP contribution is -2.30. The lowest BCUT2D eigenvalue weighted by molar-refractivity contribution is 0.0927. The zero-order valence-corrected chi connectivity index (χ0v) is 21.4. The summed E-state index contributed by atoms with van der Waals surface area (Å²) in [5, 5.41) is 3.30. The van der Waals surface area contributed by atoms with Crippen LogP contribution >= 0.6 is 0 Å². The minimum atomic E-state index is -0.112. The summed E-state index contributed by atoms with van der Waals surface area (Å²) < 4.78 is 1.92. The van der Waals surface area contributed by atoms with Crippen molar-refractivity contribution in [3.63, 3.8) is 0 Å². The van der Waals surface area contributed by atoms with Gasteiger partial charge in [0.15, 0.2) is 0 Å². The van der Waals surface area contributed by atoms with Crippen LogP contribution in [0.15, 0.2) is 84.9 Å². The highest BCUT2D eigenvalue weighted by atomic mass is 16.2. The van der Waals surface area contributed by atoms with Crippen LogP contribution in [-0.2, 0) is 12.5 Å². The lowest BCUT2D eigenvalue weighted by atomic mass is 9.86. The first-order valence-corrected chi connectivity index (χ1v) is 12.4. The van der Waals surface area contributed by atoms with Crippen LogP contribution in [0.2, 0.25) is 0 Å². The number of benzene rings is 3. The number of hydrogen-bond acceptors (Lipinski definition) is 2. The molecule has 3 aromatic carbocycles. The number of carbonyl (C=O) groups excluding carboxylic acids is 1. The van der Waals surface area contributed by atoms with E-state index in [0.29, 0.717) is 11.4 Å². The van der Waals surface area contributed by atoms with Crippen molar-refractivity contribution >= 4 is 5.91 Å². The molecule has 180 valence electrons. The fourth-order valence-electron chi connectivity index (χ4n) is 4.46. The number of nitrogens with one attached hydrogen (secondary N) is 1. The van der Waals surface area contributed by atoms with Gasteiger partial charge in [-0.1, -0.05) is 119 Å². The largest absolute Gasteiger partial charge is 0.344 e. The van der Waals surface area contributed by atoms with Gasteiger partial charge >= 0.3 is 0 Å². The van der Waals surface area contributed by atoms with Gasteiger partial charge in [0.1, 0.15) is 17.2 Å². The molecular formula is C31H35N3O. The highest BCUT2D eigenvalue weighted by Crippen LogP contribution is 2.31. The van der Waals surface area contributed by atoms with E-state index < -0.39 is 0 Å². The van der Waals surface area contributed by atoms with E-state index in [1.165, 1.54) is 5.56 Å². The summed E-state index contributed by atoms with van der Waals surface area (Å²) in [6.07, 6.45) is 1.84. The first kappa shape index (κ1) is 24.5. The van der Waals surface area contributed by atoms with Crippen molar-refractivity contribution in [1.29, 1.82) is 0 Å². The van der Waals surface area contributed by atoms with E-state index in [1.54, 1.807) is 0 Å². The molecule has 1 N–H and O–H groups in total. The molecule has 4 aromatic rings. The van der Waals surface area contributed by atoms with E-state index in [0.717, 1.165) is 35.4 Å². The molecule has 1 aromatic heterocycles. The Bertz CT molecular complexity index is 1270. The molecule has 0 radical (unpaired) electrons. The third kappa shape index (κ3) is 5.37. The minimum absolute atomic E-state index is 0.0557. The molecular weight excluding hydrogens is 430 g/mol. The molecule has 0 bridgehead atoms. The molecule has 1 unspecified atom stereocenters. The molecule has 0 fully saturated rings. The molecule has 1 atom stereocenters. The summed E-state index contributed by atoms with van der Waals surface area (Å²) in [6, 6.07) is 28.6. The Morgan fingerprint density at radius 3 is 2.06 bits per heavy atom. The van der Waals surface area contributed by atoms with Crippen LogP contribution in [-0.4, -0.2) is 15.5 Å². The molecule has 4 rings (SSSR count). The zero-order chi connectivity index (χ0) is 25.0. The number of amides is 1. The maximum atomic E-state index is 13.8. The molecule has 0 aliphatic heterocycles. The van der Waals surface area contributed by atoms with Gasteiger partial charge in [0.2, 0.25) is 0 Å². The average Bonchev–Trinajstić information content (AvgIpc) is 3.21. The molecule has 1 heterocycles. The van der Waals surface area contributed by atoms with Crippen LogP contribution in [0.4, 0.5) is 0 Å². The summed E-state index contributed by atoms with van der Waals surface area (Å²) in [7, 11) is 1.93. The second kappa shape index (κ2) is 10.3. The first-order valence-electron chi connectivity index (χ1n) is 12.4.